The largest absolute Gasteiger partial charge is 0.477 e. The molecular weight excluding hydrogens is 382 g/mol. The van der Waals surface area contributed by atoms with Gasteiger partial charge in [0.1, 0.15) is 11.4 Å². The average molecular weight is 397 g/mol. The fraction of sp³-hybridized carbons (Fsp3) is 0.278. The molecule has 0 saturated carbocycles. The van der Waals surface area contributed by atoms with Crippen molar-refractivity contribution >= 4 is 40.1 Å². The van der Waals surface area contributed by atoms with Crippen LogP contribution < -0.4 is 15.6 Å². The lowest BCUT2D eigenvalue weighted by molar-refractivity contribution is -0.119. The number of aromatic nitrogens is 3. The topological polar surface area (TPSA) is 117 Å². The highest BCUT2D eigenvalue weighted by Crippen LogP contribution is 2.34. The summed E-state index contributed by atoms with van der Waals surface area (Å²) in [6.45, 7) is 1.32. The van der Waals surface area contributed by atoms with Crippen molar-refractivity contribution in [1.29, 1.82) is 0 Å². The van der Waals surface area contributed by atoms with E-state index in [0.29, 0.717) is 36.1 Å². The summed E-state index contributed by atoms with van der Waals surface area (Å²) in [4.78, 5) is 46.5. The van der Waals surface area contributed by atoms with Crippen LogP contribution in [0, 0.1) is 0 Å². The Balaban J connectivity index is 1.60. The normalized spacial score (nSPS) is 17.7. The number of carboxylic acid groups (broad SMARTS) is 1. The number of rotatable bonds is 3. The molecule has 0 radical (unpaired) electrons. The van der Waals surface area contributed by atoms with Crippen LogP contribution in [0.2, 0.25) is 0 Å². The molecule has 2 aliphatic heterocycles. The number of aromatic carboxylic acids is 1. The number of carbonyl (C=O) groups excluding carboxylic acids is 1. The molecule has 1 amide bonds. The minimum Gasteiger partial charge on any atom is -0.477 e. The highest BCUT2D eigenvalue weighted by atomic mass is 32.1. The molecule has 2 fully saturated rings. The molecule has 0 atom stereocenters. The van der Waals surface area contributed by atoms with E-state index in [1.165, 1.54) is 17.5 Å². The van der Waals surface area contributed by atoms with Crippen LogP contribution in [-0.2, 0) is 4.79 Å². The molecule has 28 heavy (non-hydrogen) atoms. The van der Waals surface area contributed by atoms with Crippen LogP contribution in [-0.4, -0.2) is 50.1 Å². The summed E-state index contributed by atoms with van der Waals surface area (Å²) < 4.78 is 1.54. The molecule has 9 nitrogen and oxygen atoms in total. The molecule has 5 rings (SSSR count). The molecule has 0 aliphatic carbocycles. The second kappa shape index (κ2) is 5.86. The first-order valence-corrected chi connectivity index (χ1v) is 9.59. The average Bonchev–Trinajstić information content (AvgIpc) is 3.30. The van der Waals surface area contributed by atoms with E-state index in [2.05, 4.69) is 15.3 Å². The van der Waals surface area contributed by atoms with Crippen LogP contribution in [0.3, 0.4) is 0 Å². The molecule has 142 valence electrons. The molecule has 3 aromatic rings. The first-order chi connectivity index (χ1) is 13.5. The van der Waals surface area contributed by atoms with Crippen LogP contribution in [0.1, 0.15) is 23.2 Å². The summed E-state index contributed by atoms with van der Waals surface area (Å²) in [7, 11) is 0. The zero-order chi connectivity index (χ0) is 19.5. The Morgan fingerprint density at radius 3 is 2.75 bits per heavy atom. The zero-order valence-corrected chi connectivity index (χ0v) is 15.4. The smallest absolute Gasteiger partial charge is 0.341 e. The standard InChI is InChI=1S/C18H15N5O4S/c24-13-3-4-18(21-13)8-22(9-18)12-2-1-10-14(25)11(16(26)27)7-23(15(10)20-12)17-19-5-6-28-17/h1-2,5-7H,3-4,8-9H2,(H,21,24)(H,26,27). The third-order valence-electron chi connectivity index (χ3n) is 5.24. The molecule has 2 aliphatic rings. The van der Waals surface area contributed by atoms with E-state index in [-0.39, 0.29) is 22.4 Å². The van der Waals surface area contributed by atoms with Crippen molar-refractivity contribution in [3.63, 3.8) is 0 Å². The number of pyridine rings is 2. The number of hydrogen-bond acceptors (Lipinski definition) is 7. The highest BCUT2D eigenvalue weighted by molar-refractivity contribution is 7.12. The van der Waals surface area contributed by atoms with Gasteiger partial charge in [-0.15, -0.1) is 11.3 Å². The second-order valence-electron chi connectivity index (χ2n) is 7.09. The molecule has 5 heterocycles. The Bertz CT molecular complexity index is 1180. The zero-order valence-electron chi connectivity index (χ0n) is 14.6. The summed E-state index contributed by atoms with van der Waals surface area (Å²) in [6, 6.07) is 3.32. The van der Waals surface area contributed by atoms with Crippen molar-refractivity contribution in [2.75, 3.05) is 18.0 Å². The molecule has 0 bridgehead atoms. The van der Waals surface area contributed by atoms with Crippen LogP contribution >= 0.6 is 11.3 Å². The van der Waals surface area contributed by atoms with Crippen molar-refractivity contribution in [3.8, 4) is 5.13 Å². The van der Waals surface area contributed by atoms with Gasteiger partial charge in [-0.1, -0.05) is 0 Å². The molecule has 0 aromatic carbocycles. The SMILES string of the molecule is O=C1CCC2(CN(c3ccc4c(=O)c(C(=O)O)cn(-c5nccs5)c4n3)C2)N1. The van der Waals surface area contributed by atoms with Gasteiger partial charge in [0.05, 0.1) is 10.9 Å². The number of carboxylic acids is 1. The number of anilines is 1. The first-order valence-electron chi connectivity index (χ1n) is 8.71. The van der Waals surface area contributed by atoms with Crippen LogP contribution in [0.15, 0.2) is 34.7 Å². The molecule has 2 saturated heterocycles. The monoisotopic (exact) mass is 397 g/mol. The van der Waals surface area contributed by atoms with E-state index in [0.717, 1.165) is 6.42 Å². The minimum absolute atomic E-state index is 0.0740. The fourth-order valence-corrected chi connectivity index (χ4v) is 4.48. The maximum absolute atomic E-state index is 12.6. The predicted octanol–water partition coefficient (Wildman–Crippen LogP) is 1.01. The van der Waals surface area contributed by atoms with Gasteiger partial charge < -0.3 is 15.3 Å². The van der Waals surface area contributed by atoms with Gasteiger partial charge in [0.2, 0.25) is 11.3 Å². The highest BCUT2D eigenvalue weighted by Gasteiger charge is 2.48. The predicted molar refractivity (Wildman–Crippen MR) is 102 cm³/mol. The van der Waals surface area contributed by atoms with Crippen molar-refractivity contribution in [1.82, 2.24) is 19.9 Å². The lowest BCUT2D eigenvalue weighted by atomic mass is 9.88. The first kappa shape index (κ1) is 16.9. The third kappa shape index (κ3) is 2.48. The van der Waals surface area contributed by atoms with E-state index >= 15 is 0 Å². The van der Waals surface area contributed by atoms with E-state index in [9.17, 15) is 19.5 Å². The Morgan fingerprint density at radius 1 is 1.29 bits per heavy atom. The third-order valence-corrected chi connectivity index (χ3v) is 6.01. The van der Waals surface area contributed by atoms with Gasteiger partial charge >= 0.3 is 5.97 Å². The van der Waals surface area contributed by atoms with Crippen molar-refractivity contribution in [3.05, 3.63) is 45.7 Å². The Hall–Kier alpha value is -3.27. The van der Waals surface area contributed by atoms with Crippen LogP contribution in [0.5, 0.6) is 0 Å². The fourth-order valence-electron chi connectivity index (χ4n) is 3.86. The number of hydrogen-bond donors (Lipinski definition) is 2. The summed E-state index contributed by atoms with van der Waals surface area (Å²) in [6.07, 6.45) is 4.23. The lowest BCUT2D eigenvalue weighted by Crippen LogP contribution is -2.67. The van der Waals surface area contributed by atoms with Gasteiger partial charge in [0.25, 0.3) is 0 Å². The Morgan fingerprint density at radius 2 is 2.11 bits per heavy atom. The van der Waals surface area contributed by atoms with E-state index in [1.807, 2.05) is 4.90 Å². The summed E-state index contributed by atoms with van der Waals surface area (Å²) in [5.41, 5.74) is -0.722. The van der Waals surface area contributed by atoms with E-state index in [1.54, 1.807) is 28.3 Å². The molecule has 3 aromatic heterocycles. The van der Waals surface area contributed by atoms with Gasteiger partial charge in [0, 0.05) is 37.3 Å². The number of nitrogens with one attached hydrogen (secondary N) is 1. The van der Waals surface area contributed by atoms with Crippen LogP contribution in [0.25, 0.3) is 16.2 Å². The number of carbonyl (C=O) groups is 2. The van der Waals surface area contributed by atoms with Gasteiger partial charge in [0.15, 0.2) is 10.8 Å². The van der Waals surface area contributed by atoms with E-state index in [4.69, 9.17) is 0 Å². The maximum Gasteiger partial charge on any atom is 0.341 e. The Labute approximate surface area is 162 Å². The summed E-state index contributed by atoms with van der Waals surface area (Å²) in [5.74, 6) is -0.542. The van der Waals surface area contributed by atoms with Gasteiger partial charge in [-0.3, -0.25) is 14.2 Å². The van der Waals surface area contributed by atoms with E-state index < -0.39 is 11.4 Å². The summed E-state index contributed by atoms with van der Waals surface area (Å²) in [5, 5.41) is 14.9. The van der Waals surface area contributed by atoms with Crippen LogP contribution in [0.4, 0.5) is 5.82 Å². The molecule has 1 spiro atoms. The van der Waals surface area contributed by atoms with Crippen molar-refractivity contribution in [2.24, 2.45) is 0 Å². The van der Waals surface area contributed by atoms with Gasteiger partial charge in [-0.05, 0) is 18.6 Å². The molecule has 10 heteroatoms. The quantitative estimate of drug-likeness (QED) is 0.677. The minimum atomic E-state index is -1.29. The molecular formula is C18H15N5O4S. The molecule has 2 N–H and O–H groups in total. The summed E-state index contributed by atoms with van der Waals surface area (Å²) >= 11 is 1.32. The van der Waals surface area contributed by atoms with Crippen molar-refractivity contribution in [2.45, 2.75) is 18.4 Å². The number of amides is 1. The maximum atomic E-state index is 12.6. The van der Waals surface area contributed by atoms with Gasteiger partial charge in [-0.2, -0.15) is 0 Å². The van der Waals surface area contributed by atoms with Gasteiger partial charge in [-0.25, -0.2) is 14.8 Å². The lowest BCUT2D eigenvalue weighted by Gasteiger charge is -2.48. The number of fused-ring (bicyclic) bond motifs is 1. The van der Waals surface area contributed by atoms with Crippen molar-refractivity contribution < 1.29 is 14.7 Å². The Kier molecular flexibility index (Phi) is 3.53. The second-order valence-corrected chi connectivity index (χ2v) is 7.96. The number of nitrogens with zero attached hydrogens (tertiary/aromatic N) is 4. The molecule has 0 unspecified atom stereocenters. The number of thiazole rings is 1.